The van der Waals surface area contributed by atoms with Gasteiger partial charge in [-0.3, -0.25) is 14.3 Å². The Kier molecular flexibility index (Phi) is 6.93. The largest absolute Gasteiger partial charge is 0.494 e. The normalized spacial score (nSPS) is 11.3. The van der Waals surface area contributed by atoms with E-state index in [0.29, 0.717) is 34.6 Å². The Balaban J connectivity index is 1.86. The molecule has 0 spiro atoms. The zero-order valence-corrected chi connectivity index (χ0v) is 16.7. The molecule has 0 aliphatic carbocycles. The molecule has 1 N–H and O–H groups in total. The van der Waals surface area contributed by atoms with Gasteiger partial charge in [-0.05, 0) is 43.3 Å². The summed E-state index contributed by atoms with van der Waals surface area (Å²) >= 11 is 0.989. The molecule has 1 aromatic carbocycles. The molecule has 0 atom stereocenters. The van der Waals surface area contributed by atoms with Gasteiger partial charge in [0.15, 0.2) is 11.0 Å². The van der Waals surface area contributed by atoms with Crippen LogP contribution in [0.25, 0.3) is 17.1 Å². The van der Waals surface area contributed by atoms with E-state index in [0.717, 1.165) is 11.8 Å². The number of carbonyl (C=O) groups is 1. The quantitative estimate of drug-likeness (QED) is 0.544. The van der Waals surface area contributed by atoms with E-state index in [1.807, 2.05) is 30.4 Å². The highest BCUT2D eigenvalue weighted by Gasteiger charge is 2.27. The van der Waals surface area contributed by atoms with Crippen LogP contribution in [0.4, 0.5) is 13.2 Å². The van der Waals surface area contributed by atoms with Crippen molar-refractivity contribution in [3.63, 3.8) is 0 Å². The van der Waals surface area contributed by atoms with E-state index in [-0.39, 0.29) is 5.75 Å². The van der Waals surface area contributed by atoms with Crippen LogP contribution in [0.3, 0.4) is 0 Å². The van der Waals surface area contributed by atoms with Crippen molar-refractivity contribution >= 4 is 17.7 Å². The number of benzene rings is 1. The van der Waals surface area contributed by atoms with E-state index in [4.69, 9.17) is 4.74 Å². The summed E-state index contributed by atoms with van der Waals surface area (Å²) in [6.07, 6.45) is -1.21. The van der Waals surface area contributed by atoms with Gasteiger partial charge < -0.3 is 10.1 Å². The molecular formula is C19H18F3N5O2S. The fourth-order valence-electron chi connectivity index (χ4n) is 2.52. The van der Waals surface area contributed by atoms with E-state index < -0.39 is 18.6 Å². The molecule has 7 nitrogen and oxygen atoms in total. The Morgan fingerprint density at radius 2 is 1.97 bits per heavy atom. The van der Waals surface area contributed by atoms with Crippen LogP contribution in [-0.4, -0.2) is 50.7 Å². The number of aromatic nitrogens is 4. The standard InChI is InChI=1S/C19H18F3N5O2S/c1-2-29-15-7-5-14(6-8-15)27-17(13-4-3-9-23-10-13)25-26-18(27)30-11-16(28)24-12-19(20,21)22/h3-10H,2,11-12H2,1H3,(H,24,28). The summed E-state index contributed by atoms with van der Waals surface area (Å²) in [7, 11) is 0. The van der Waals surface area contributed by atoms with E-state index in [9.17, 15) is 18.0 Å². The van der Waals surface area contributed by atoms with Crippen molar-refractivity contribution in [2.75, 3.05) is 18.9 Å². The van der Waals surface area contributed by atoms with Gasteiger partial charge in [0.25, 0.3) is 0 Å². The highest BCUT2D eigenvalue weighted by molar-refractivity contribution is 7.99. The highest BCUT2D eigenvalue weighted by Crippen LogP contribution is 2.28. The summed E-state index contributed by atoms with van der Waals surface area (Å²) < 4.78 is 44.0. The van der Waals surface area contributed by atoms with E-state index >= 15 is 0 Å². The third-order valence-electron chi connectivity index (χ3n) is 3.78. The minimum absolute atomic E-state index is 0.238. The lowest BCUT2D eigenvalue weighted by Gasteiger charge is -2.12. The number of hydrogen-bond acceptors (Lipinski definition) is 6. The number of rotatable bonds is 8. The zero-order chi connectivity index (χ0) is 21.6. The smallest absolute Gasteiger partial charge is 0.405 e. The maximum absolute atomic E-state index is 12.3. The van der Waals surface area contributed by atoms with Crippen molar-refractivity contribution in [1.29, 1.82) is 0 Å². The van der Waals surface area contributed by atoms with Crippen molar-refractivity contribution < 1.29 is 22.7 Å². The van der Waals surface area contributed by atoms with Crippen molar-refractivity contribution in [3.8, 4) is 22.8 Å². The topological polar surface area (TPSA) is 81.9 Å². The molecule has 2 heterocycles. The Labute approximate surface area is 174 Å². The summed E-state index contributed by atoms with van der Waals surface area (Å²) in [5, 5.41) is 10.5. The second kappa shape index (κ2) is 9.61. The minimum atomic E-state index is -4.46. The van der Waals surface area contributed by atoms with Gasteiger partial charge >= 0.3 is 6.18 Å². The SMILES string of the molecule is CCOc1ccc(-n2c(SCC(=O)NCC(F)(F)F)nnc2-c2cccnc2)cc1. The molecule has 2 aromatic heterocycles. The molecule has 0 unspecified atom stereocenters. The average Bonchev–Trinajstić information content (AvgIpc) is 3.15. The van der Waals surface area contributed by atoms with Gasteiger partial charge in [-0.1, -0.05) is 11.8 Å². The summed E-state index contributed by atoms with van der Waals surface area (Å²) in [6.45, 7) is 1.03. The van der Waals surface area contributed by atoms with Gasteiger partial charge in [0.05, 0.1) is 12.4 Å². The third-order valence-corrected chi connectivity index (χ3v) is 4.71. The van der Waals surface area contributed by atoms with Gasteiger partial charge in [-0.25, -0.2) is 0 Å². The zero-order valence-electron chi connectivity index (χ0n) is 15.9. The Morgan fingerprint density at radius 1 is 1.20 bits per heavy atom. The Hall–Kier alpha value is -3.08. The molecule has 3 aromatic rings. The van der Waals surface area contributed by atoms with Gasteiger partial charge in [0.2, 0.25) is 5.91 Å². The molecule has 30 heavy (non-hydrogen) atoms. The second-order valence-corrected chi connectivity index (χ2v) is 6.93. The van der Waals surface area contributed by atoms with E-state index in [1.165, 1.54) is 0 Å². The van der Waals surface area contributed by atoms with Gasteiger partial charge in [0.1, 0.15) is 12.3 Å². The van der Waals surface area contributed by atoms with Gasteiger partial charge in [-0.15, -0.1) is 10.2 Å². The fourth-order valence-corrected chi connectivity index (χ4v) is 3.30. The van der Waals surface area contributed by atoms with Crippen molar-refractivity contribution in [3.05, 3.63) is 48.8 Å². The van der Waals surface area contributed by atoms with Crippen LogP contribution >= 0.6 is 11.8 Å². The predicted octanol–water partition coefficient (Wildman–Crippen LogP) is 3.50. The first-order chi connectivity index (χ1) is 14.4. The number of hydrogen-bond donors (Lipinski definition) is 1. The number of pyridine rings is 1. The number of carbonyl (C=O) groups excluding carboxylic acids is 1. The fraction of sp³-hybridized carbons (Fsp3) is 0.263. The molecule has 3 rings (SSSR count). The third kappa shape index (κ3) is 5.72. The van der Waals surface area contributed by atoms with Gasteiger partial charge in [-0.2, -0.15) is 13.2 Å². The van der Waals surface area contributed by atoms with Crippen LogP contribution in [0.5, 0.6) is 5.75 Å². The van der Waals surface area contributed by atoms with Crippen molar-refractivity contribution in [1.82, 2.24) is 25.1 Å². The Morgan fingerprint density at radius 3 is 2.60 bits per heavy atom. The van der Waals surface area contributed by atoms with Crippen LogP contribution < -0.4 is 10.1 Å². The summed E-state index contributed by atoms with van der Waals surface area (Å²) in [6, 6.07) is 10.8. The van der Waals surface area contributed by atoms with E-state index in [2.05, 4.69) is 15.2 Å². The van der Waals surface area contributed by atoms with E-state index in [1.54, 1.807) is 35.2 Å². The van der Waals surface area contributed by atoms with Crippen LogP contribution in [-0.2, 0) is 4.79 Å². The monoisotopic (exact) mass is 437 g/mol. The summed E-state index contributed by atoms with van der Waals surface area (Å²) in [4.78, 5) is 15.9. The number of thioether (sulfide) groups is 1. The first kappa shape index (κ1) is 21.6. The Bertz CT molecular complexity index is 978. The minimum Gasteiger partial charge on any atom is -0.494 e. The van der Waals surface area contributed by atoms with Crippen molar-refractivity contribution in [2.24, 2.45) is 0 Å². The average molecular weight is 437 g/mol. The molecule has 158 valence electrons. The van der Waals surface area contributed by atoms with Crippen LogP contribution in [0.15, 0.2) is 53.9 Å². The molecule has 11 heteroatoms. The highest BCUT2D eigenvalue weighted by atomic mass is 32.2. The van der Waals surface area contributed by atoms with Crippen LogP contribution in [0, 0.1) is 0 Å². The maximum atomic E-state index is 12.3. The molecule has 0 bridgehead atoms. The second-order valence-electron chi connectivity index (χ2n) is 5.99. The van der Waals surface area contributed by atoms with Crippen LogP contribution in [0.2, 0.25) is 0 Å². The molecule has 0 aliphatic rings. The van der Waals surface area contributed by atoms with Crippen molar-refractivity contribution in [2.45, 2.75) is 18.3 Å². The summed E-state index contributed by atoms with van der Waals surface area (Å²) in [5.74, 6) is 0.197. The first-order valence-electron chi connectivity index (χ1n) is 8.92. The number of amides is 1. The maximum Gasteiger partial charge on any atom is 0.405 e. The lowest BCUT2D eigenvalue weighted by Crippen LogP contribution is -2.34. The molecule has 0 aliphatic heterocycles. The number of nitrogens with zero attached hydrogens (tertiary/aromatic N) is 4. The molecular weight excluding hydrogens is 419 g/mol. The molecule has 0 fully saturated rings. The number of nitrogens with one attached hydrogen (secondary N) is 1. The molecule has 0 saturated heterocycles. The number of halogens is 3. The molecule has 0 radical (unpaired) electrons. The lowest BCUT2D eigenvalue weighted by molar-refractivity contribution is -0.136. The predicted molar refractivity (Wildman–Crippen MR) is 106 cm³/mol. The number of alkyl halides is 3. The lowest BCUT2D eigenvalue weighted by atomic mass is 10.2. The van der Waals surface area contributed by atoms with Gasteiger partial charge in [0, 0.05) is 23.6 Å². The molecule has 1 amide bonds. The molecule has 0 saturated carbocycles. The number of ether oxygens (including phenoxy) is 1. The van der Waals surface area contributed by atoms with Crippen LogP contribution in [0.1, 0.15) is 6.92 Å². The summed E-state index contributed by atoms with van der Waals surface area (Å²) in [5.41, 5.74) is 1.41. The first-order valence-corrected chi connectivity index (χ1v) is 9.91.